The summed E-state index contributed by atoms with van der Waals surface area (Å²) < 4.78 is 45.9. The lowest BCUT2D eigenvalue weighted by molar-refractivity contribution is -0.129. The third-order valence-electron chi connectivity index (χ3n) is 5.33. The molecule has 1 N–H and O–H groups in total. The molecule has 0 radical (unpaired) electrons. The molecular weight excluding hydrogens is 446 g/mol. The summed E-state index contributed by atoms with van der Waals surface area (Å²) in [6.07, 6.45) is 0.497. The summed E-state index contributed by atoms with van der Waals surface area (Å²) in [5.74, 6) is 0.767. The first-order chi connectivity index (χ1) is 16.5. The van der Waals surface area contributed by atoms with Gasteiger partial charge in [-0.25, -0.2) is 8.78 Å². The fraction of sp³-hybridized carbons (Fsp3) is 0.400. The number of nitrogens with zero attached hydrogens (tertiary/aromatic N) is 1. The lowest BCUT2D eigenvalue weighted by Crippen LogP contribution is -2.39. The second-order valence-electron chi connectivity index (χ2n) is 7.55. The third kappa shape index (κ3) is 7.24. The predicted molar refractivity (Wildman–Crippen MR) is 124 cm³/mol. The zero-order valence-electron chi connectivity index (χ0n) is 19.4. The van der Waals surface area contributed by atoms with Gasteiger partial charge in [0.15, 0.2) is 0 Å². The lowest BCUT2D eigenvalue weighted by Gasteiger charge is -2.26. The van der Waals surface area contributed by atoms with E-state index in [4.69, 9.17) is 14.2 Å². The van der Waals surface area contributed by atoms with Crippen LogP contribution in [0.4, 0.5) is 8.78 Å². The normalized spacial score (nSPS) is 18.5. The Morgan fingerprint density at radius 3 is 2.38 bits per heavy atom. The van der Waals surface area contributed by atoms with Crippen LogP contribution in [-0.4, -0.2) is 77.4 Å². The van der Waals surface area contributed by atoms with Crippen LogP contribution >= 0.6 is 0 Å². The number of carbonyl (C=O) groups is 1. The van der Waals surface area contributed by atoms with E-state index in [-0.39, 0.29) is 11.7 Å². The highest BCUT2D eigenvalue weighted by Crippen LogP contribution is 2.34. The van der Waals surface area contributed by atoms with Crippen LogP contribution in [0.1, 0.15) is 11.1 Å². The van der Waals surface area contributed by atoms with Crippen LogP contribution in [0.3, 0.4) is 0 Å². The fourth-order valence-corrected chi connectivity index (χ4v) is 3.50. The van der Waals surface area contributed by atoms with Crippen LogP contribution in [0.2, 0.25) is 0 Å². The van der Waals surface area contributed by atoms with Gasteiger partial charge >= 0.3 is 0 Å². The average molecular weight is 477 g/mol. The largest absolute Gasteiger partial charge is 0.497 e. The van der Waals surface area contributed by atoms with Crippen LogP contribution in [0, 0.1) is 5.82 Å². The van der Waals surface area contributed by atoms with Gasteiger partial charge in [-0.1, -0.05) is 12.1 Å². The number of alkyl halides is 1. The highest BCUT2D eigenvalue weighted by atomic mass is 19.1. The lowest BCUT2D eigenvalue weighted by atomic mass is 9.96. The molecule has 0 aromatic heterocycles. The molecule has 1 atom stereocenters. The van der Waals surface area contributed by atoms with Gasteiger partial charge in [0.2, 0.25) is 12.3 Å². The minimum Gasteiger partial charge on any atom is -0.497 e. The van der Waals surface area contributed by atoms with Gasteiger partial charge in [-0.15, -0.1) is 0 Å². The average Bonchev–Trinajstić information content (AvgIpc) is 2.89. The number of nitrogens with one attached hydrogen (secondary N) is 1. The Labute approximate surface area is 198 Å². The van der Waals surface area contributed by atoms with E-state index in [0.29, 0.717) is 56.5 Å². The number of hydrogen-bond donors (Lipinski definition) is 1. The number of hydrogen-bond acceptors (Lipinski definition) is 6. The van der Waals surface area contributed by atoms with Gasteiger partial charge in [0.1, 0.15) is 17.3 Å². The van der Waals surface area contributed by atoms with Crippen molar-refractivity contribution in [2.45, 2.75) is 6.36 Å². The van der Waals surface area contributed by atoms with Crippen molar-refractivity contribution in [3.8, 4) is 11.5 Å². The van der Waals surface area contributed by atoms with Crippen molar-refractivity contribution >= 4 is 11.5 Å². The quantitative estimate of drug-likeness (QED) is 0.670. The van der Waals surface area contributed by atoms with Crippen molar-refractivity contribution in [3.63, 3.8) is 0 Å². The molecule has 0 spiro atoms. The first kappa shape index (κ1) is 25.6. The second kappa shape index (κ2) is 13.0. The van der Waals surface area contributed by atoms with Crippen LogP contribution in [0.5, 0.6) is 11.5 Å². The summed E-state index contributed by atoms with van der Waals surface area (Å²) in [7, 11) is 3.14. The molecule has 2 aromatic carbocycles. The molecule has 0 saturated carbocycles. The molecule has 2 aliphatic rings. The number of amides is 1. The maximum absolute atomic E-state index is 13.4. The maximum atomic E-state index is 13.4. The number of methoxy groups -OCH3 is 2. The molecule has 184 valence electrons. The SMILES string of the molecule is COc1ccc(/C(=C/C(=O)N2CCOCC2)c2ccc(F)cc2)c(OC)c1.FC1CNCCO1. The highest BCUT2D eigenvalue weighted by Gasteiger charge is 2.19. The maximum Gasteiger partial charge on any atom is 0.247 e. The highest BCUT2D eigenvalue weighted by molar-refractivity contribution is 6.00. The van der Waals surface area contributed by atoms with Crippen molar-refractivity contribution < 1.29 is 32.5 Å². The Morgan fingerprint density at radius 1 is 1.09 bits per heavy atom. The Balaban J connectivity index is 0.000000396. The summed E-state index contributed by atoms with van der Waals surface area (Å²) in [6.45, 7) is 3.77. The number of ether oxygens (including phenoxy) is 4. The van der Waals surface area contributed by atoms with Crippen molar-refractivity contribution in [2.75, 3.05) is 60.2 Å². The zero-order valence-corrected chi connectivity index (χ0v) is 19.4. The summed E-state index contributed by atoms with van der Waals surface area (Å²) in [4.78, 5) is 14.5. The van der Waals surface area contributed by atoms with Crippen molar-refractivity contribution in [3.05, 3.63) is 65.5 Å². The standard InChI is InChI=1S/C21H22FNO4.C4H8FNO/c1-25-17-7-8-18(20(13-17)26-2)19(15-3-5-16(22)6-4-15)14-21(24)23-9-11-27-12-10-23;5-4-3-6-1-2-7-4/h3-8,13-14H,9-12H2,1-2H3;4,6H,1-3H2/b19-14+;. The Hall–Kier alpha value is -3.01. The number of halogens is 2. The van der Waals surface area contributed by atoms with Crippen LogP contribution in [0.25, 0.3) is 5.57 Å². The number of rotatable bonds is 5. The molecule has 2 aliphatic heterocycles. The fourth-order valence-electron chi connectivity index (χ4n) is 3.50. The van der Waals surface area contributed by atoms with Gasteiger partial charge in [0.05, 0.1) is 40.6 Å². The van der Waals surface area contributed by atoms with Gasteiger partial charge < -0.3 is 29.2 Å². The monoisotopic (exact) mass is 476 g/mol. The Bertz CT molecular complexity index is 956. The number of morpholine rings is 2. The van der Waals surface area contributed by atoms with Crippen molar-refractivity contribution in [1.29, 1.82) is 0 Å². The molecule has 7 nitrogen and oxygen atoms in total. The molecule has 0 bridgehead atoms. The zero-order chi connectivity index (χ0) is 24.3. The molecule has 1 amide bonds. The summed E-state index contributed by atoms with van der Waals surface area (Å²) in [5, 5.41) is 2.83. The van der Waals surface area contributed by atoms with Gasteiger partial charge in [-0.3, -0.25) is 4.79 Å². The summed E-state index contributed by atoms with van der Waals surface area (Å²) in [6, 6.07) is 11.4. The van der Waals surface area contributed by atoms with Gasteiger partial charge in [-0.05, 0) is 35.4 Å². The molecule has 2 saturated heterocycles. The topological polar surface area (TPSA) is 69.3 Å². The Morgan fingerprint density at radius 2 is 1.82 bits per heavy atom. The number of carbonyl (C=O) groups excluding carboxylic acids is 1. The summed E-state index contributed by atoms with van der Waals surface area (Å²) >= 11 is 0. The molecule has 1 unspecified atom stereocenters. The van der Waals surface area contributed by atoms with E-state index < -0.39 is 6.36 Å². The van der Waals surface area contributed by atoms with Gasteiger partial charge in [-0.2, -0.15) is 0 Å². The minimum absolute atomic E-state index is 0.115. The van der Waals surface area contributed by atoms with Crippen LogP contribution < -0.4 is 14.8 Å². The van der Waals surface area contributed by atoms with E-state index >= 15 is 0 Å². The molecule has 0 aliphatic carbocycles. The first-order valence-electron chi connectivity index (χ1n) is 11.0. The van der Waals surface area contributed by atoms with Gasteiger partial charge in [0.25, 0.3) is 0 Å². The molecule has 34 heavy (non-hydrogen) atoms. The van der Waals surface area contributed by atoms with Crippen molar-refractivity contribution in [1.82, 2.24) is 10.2 Å². The first-order valence-corrected chi connectivity index (χ1v) is 11.0. The van der Waals surface area contributed by atoms with E-state index in [2.05, 4.69) is 10.1 Å². The third-order valence-corrected chi connectivity index (χ3v) is 5.33. The molecule has 2 heterocycles. The molecular formula is C25H30F2N2O5. The van der Waals surface area contributed by atoms with Gasteiger partial charge in [0, 0.05) is 37.3 Å². The summed E-state index contributed by atoms with van der Waals surface area (Å²) in [5.41, 5.74) is 2.11. The van der Waals surface area contributed by atoms with E-state index in [1.54, 1.807) is 49.5 Å². The van der Waals surface area contributed by atoms with E-state index in [9.17, 15) is 13.6 Å². The molecule has 4 rings (SSSR count). The number of benzene rings is 2. The van der Waals surface area contributed by atoms with E-state index in [0.717, 1.165) is 17.7 Å². The molecule has 2 fully saturated rings. The van der Waals surface area contributed by atoms with E-state index in [1.807, 2.05) is 6.07 Å². The van der Waals surface area contributed by atoms with E-state index in [1.165, 1.54) is 12.1 Å². The molecule has 2 aromatic rings. The second-order valence-corrected chi connectivity index (χ2v) is 7.55. The van der Waals surface area contributed by atoms with Crippen molar-refractivity contribution in [2.24, 2.45) is 0 Å². The van der Waals surface area contributed by atoms with Crippen LogP contribution in [0.15, 0.2) is 48.5 Å². The molecule has 9 heteroatoms. The predicted octanol–water partition coefficient (Wildman–Crippen LogP) is 3.04. The Kier molecular flexibility index (Phi) is 9.81. The van der Waals surface area contributed by atoms with Crippen LogP contribution in [-0.2, 0) is 14.3 Å². The smallest absolute Gasteiger partial charge is 0.247 e. The minimum atomic E-state index is -1.08.